The number of nitrogens with one attached hydrogen (secondary N) is 2. The molecule has 0 aliphatic heterocycles. The molecule has 0 aromatic heterocycles. The van der Waals surface area contributed by atoms with E-state index >= 15 is 0 Å². The lowest BCUT2D eigenvalue weighted by atomic mass is 10.1. The smallest absolute Gasteiger partial charge is 0.340 e. The Kier molecular flexibility index (Phi) is 6.28. The Bertz CT molecular complexity index is 786. The molecule has 0 unspecified atom stereocenters. The Labute approximate surface area is 146 Å². The van der Waals surface area contributed by atoms with Crippen LogP contribution in [0.2, 0.25) is 0 Å². The third kappa shape index (κ3) is 5.17. The summed E-state index contributed by atoms with van der Waals surface area (Å²) in [5.41, 5.74) is 1.96. The number of hydrogen-bond donors (Lipinski definition) is 2. The third-order valence-corrected chi connectivity index (χ3v) is 3.41. The lowest BCUT2D eigenvalue weighted by Crippen LogP contribution is -2.23. The molecular weight excluding hydrogens is 320 g/mol. The largest absolute Gasteiger partial charge is 0.462 e. The summed E-state index contributed by atoms with van der Waals surface area (Å²) in [5.74, 6) is -0.808. The zero-order chi connectivity index (χ0) is 18.2. The van der Waals surface area contributed by atoms with Crippen molar-refractivity contribution in [3.8, 4) is 0 Å². The van der Waals surface area contributed by atoms with Crippen molar-refractivity contribution in [3.05, 3.63) is 59.7 Å². The van der Waals surface area contributed by atoms with Gasteiger partial charge in [0.05, 0.1) is 18.7 Å². The Morgan fingerprint density at radius 2 is 1.80 bits per heavy atom. The van der Waals surface area contributed by atoms with E-state index in [0.29, 0.717) is 22.5 Å². The number of Topliss-reactive ketones (excluding diaryl/α,β-unsaturated/α-hetero) is 1. The van der Waals surface area contributed by atoms with Crippen LogP contribution in [0.25, 0.3) is 0 Å². The minimum absolute atomic E-state index is 0.0271. The van der Waals surface area contributed by atoms with Gasteiger partial charge in [0.25, 0.3) is 0 Å². The molecule has 2 N–H and O–H groups in total. The van der Waals surface area contributed by atoms with Crippen LogP contribution in [0.15, 0.2) is 48.5 Å². The second-order valence-corrected chi connectivity index (χ2v) is 5.30. The average molecular weight is 340 g/mol. The maximum Gasteiger partial charge on any atom is 0.340 e. The molecule has 0 radical (unpaired) electrons. The molecule has 0 heterocycles. The predicted octanol–water partition coefficient (Wildman–Crippen LogP) is 3.12. The number of benzene rings is 2. The Morgan fingerprint density at radius 1 is 1.04 bits per heavy atom. The van der Waals surface area contributed by atoms with Crippen molar-refractivity contribution < 1.29 is 19.1 Å². The quantitative estimate of drug-likeness (QED) is 0.597. The minimum Gasteiger partial charge on any atom is -0.462 e. The van der Waals surface area contributed by atoms with E-state index in [1.165, 1.54) is 6.92 Å². The second kappa shape index (κ2) is 8.63. The van der Waals surface area contributed by atoms with Crippen LogP contribution >= 0.6 is 0 Å². The van der Waals surface area contributed by atoms with E-state index in [1.807, 2.05) is 0 Å². The van der Waals surface area contributed by atoms with Crippen LogP contribution in [0.1, 0.15) is 34.6 Å². The first-order valence-corrected chi connectivity index (χ1v) is 7.92. The molecule has 0 saturated carbocycles. The molecule has 25 heavy (non-hydrogen) atoms. The number of esters is 1. The Balaban J connectivity index is 2.00. The molecule has 0 saturated heterocycles. The van der Waals surface area contributed by atoms with Crippen molar-refractivity contribution in [2.75, 3.05) is 23.8 Å². The van der Waals surface area contributed by atoms with Crippen LogP contribution in [-0.2, 0) is 9.53 Å². The first-order valence-electron chi connectivity index (χ1n) is 7.92. The number of ketones is 1. The summed E-state index contributed by atoms with van der Waals surface area (Å²) in [6.45, 7) is 3.45. The number of carbonyl (C=O) groups excluding carboxylic acids is 3. The van der Waals surface area contributed by atoms with E-state index in [1.54, 1.807) is 55.5 Å². The van der Waals surface area contributed by atoms with Crippen molar-refractivity contribution in [2.45, 2.75) is 13.8 Å². The van der Waals surface area contributed by atoms with E-state index in [9.17, 15) is 14.4 Å². The van der Waals surface area contributed by atoms with Crippen LogP contribution in [0.3, 0.4) is 0 Å². The van der Waals surface area contributed by atoms with E-state index in [4.69, 9.17) is 4.74 Å². The van der Waals surface area contributed by atoms with Crippen molar-refractivity contribution in [3.63, 3.8) is 0 Å². The molecule has 6 heteroatoms. The molecule has 2 aromatic carbocycles. The summed E-state index contributed by atoms with van der Waals surface area (Å²) in [6.07, 6.45) is 0. The van der Waals surface area contributed by atoms with Crippen molar-refractivity contribution >= 4 is 29.0 Å². The molecular formula is C19H20N2O4. The van der Waals surface area contributed by atoms with Crippen LogP contribution in [0.5, 0.6) is 0 Å². The molecule has 0 aliphatic rings. The monoisotopic (exact) mass is 340 g/mol. The number of para-hydroxylation sites is 1. The van der Waals surface area contributed by atoms with Gasteiger partial charge in [0.1, 0.15) is 0 Å². The van der Waals surface area contributed by atoms with E-state index in [-0.39, 0.29) is 24.8 Å². The standard InChI is InChI=1S/C19H20N2O4/c1-3-25-19(24)16-9-4-5-10-17(16)20-12-18(23)21-15-8-6-7-14(11-15)13(2)22/h4-11,20H,3,12H2,1-2H3,(H,21,23). The zero-order valence-corrected chi connectivity index (χ0v) is 14.2. The van der Waals surface area contributed by atoms with Gasteiger partial charge in [-0.15, -0.1) is 0 Å². The van der Waals surface area contributed by atoms with Gasteiger partial charge in [0.15, 0.2) is 5.78 Å². The van der Waals surface area contributed by atoms with E-state index < -0.39 is 5.97 Å². The van der Waals surface area contributed by atoms with Gasteiger partial charge in [-0.2, -0.15) is 0 Å². The third-order valence-electron chi connectivity index (χ3n) is 3.41. The van der Waals surface area contributed by atoms with Gasteiger partial charge < -0.3 is 15.4 Å². The summed E-state index contributed by atoms with van der Waals surface area (Å²) in [6, 6.07) is 13.5. The highest BCUT2D eigenvalue weighted by Crippen LogP contribution is 2.16. The highest BCUT2D eigenvalue weighted by molar-refractivity contribution is 5.99. The van der Waals surface area contributed by atoms with Crippen molar-refractivity contribution in [1.29, 1.82) is 0 Å². The van der Waals surface area contributed by atoms with Crippen LogP contribution in [0, 0.1) is 0 Å². The molecule has 0 atom stereocenters. The van der Waals surface area contributed by atoms with Crippen LogP contribution < -0.4 is 10.6 Å². The lowest BCUT2D eigenvalue weighted by molar-refractivity contribution is -0.114. The fourth-order valence-electron chi connectivity index (χ4n) is 2.22. The second-order valence-electron chi connectivity index (χ2n) is 5.30. The molecule has 0 bridgehead atoms. The number of anilines is 2. The maximum atomic E-state index is 12.1. The molecule has 0 spiro atoms. The summed E-state index contributed by atoms with van der Waals surface area (Å²) < 4.78 is 5.00. The van der Waals surface area contributed by atoms with Gasteiger partial charge in [-0.1, -0.05) is 24.3 Å². The fraction of sp³-hybridized carbons (Fsp3) is 0.211. The SMILES string of the molecule is CCOC(=O)c1ccccc1NCC(=O)Nc1cccc(C(C)=O)c1. The highest BCUT2D eigenvalue weighted by Gasteiger charge is 2.12. The summed E-state index contributed by atoms with van der Waals surface area (Å²) in [7, 11) is 0. The summed E-state index contributed by atoms with van der Waals surface area (Å²) in [5, 5.41) is 5.64. The normalized spacial score (nSPS) is 10.0. The number of carbonyl (C=O) groups is 3. The first-order chi connectivity index (χ1) is 12.0. The van der Waals surface area contributed by atoms with Crippen LogP contribution in [0.4, 0.5) is 11.4 Å². The molecule has 0 fully saturated rings. The summed E-state index contributed by atoms with van der Waals surface area (Å²) in [4.78, 5) is 35.4. The van der Waals surface area contributed by atoms with E-state index in [2.05, 4.69) is 10.6 Å². The minimum atomic E-state index is -0.444. The predicted molar refractivity (Wildman–Crippen MR) is 96.0 cm³/mol. The van der Waals surface area contributed by atoms with E-state index in [0.717, 1.165) is 0 Å². The highest BCUT2D eigenvalue weighted by atomic mass is 16.5. The van der Waals surface area contributed by atoms with Gasteiger partial charge in [-0.25, -0.2) is 4.79 Å². The zero-order valence-electron chi connectivity index (χ0n) is 14.2. The van der Waals surface area contributed by atoms with Crippen molar-refractivity contribution in [1.82, 2.24) is 0 Å². The van der Waals surface area contributed by atoms with Gasteiger partial charge >= 0.3 is 5.97 Å². The number of rotatable bonds is 7. The fourth-order valence-corrected chi connectivity index (χ4v) is 2.22. The molecule has 2 rings (SSSR count). The maximum absolute atomic E-state index is 12.1. The number of hydrogen-bond acceptors (Lipinski definition) is 5. The van der Waals surface area contributed by atoms with Gasteiger partial charge in [0, 0.05) is 16.9 Å². The van der Waals surface area contributed by atoms with Gasteiger partial charge in [-0.3, -0.25) is 9.59 Å². The molecule has 1 amide bonds. The Hall–Kier alpha value is -3.15. The summed E-state index contributed by atoms with van der Waals surface area (Å²) >= 11 is 0. The molecule has 130 valence electrons. The number of ether oxygens (including phenoxy) is 1. The van der Waals surface area contributed by atoms with Crippen LogP contribution in [-0.4, -0.2) is 30.8 Å². The first kappa shape index (κ1) is 18.2. The average Bonchev–Trinajstić information content (AvgIpc) is 2.60. The molecule has 6 nitrogen and oxygen atoms in total. The lowest BCUT2D eigenvalue weighted by Gasteiger charge is -2.11. The van der Waals surface area contributed by atoms with Crippen molar-refractivity contribution in [2.24, 2.45) is 0 Å². The van der Waals surface area contributed by atoms with Gasteiger partial charge in [0.2, 0.25) is 5.91 Å². The molecule has 0 aliphatic carbocycles. The molecule has 2 aromatic rings. The number of amides is 1. The Morgan fingerprint density at radius 3 is 2.52 bits per heavy atom. The van der Waals surface area contributed by atoms with Gasteiger partial charge in [-0.05, 0) is 38.1 Å². The topological polar surface area (TPSA) is 84.5 Å².